The summed E-state index contributed by atoms with van der Waals surface area (Å²) in [5.41, 5.74) is 0.0473. The summed E-state index contributed by atoms with van der Waals surface area (Å²) in [5, 5.41) is 19.3. The fourth-order valence-corrected chi connectivity index (χ4v) is 1.70. The summed E-state index contributed by atoms with van der Waals surface area (Å²) in [7, 11) is 0. The zero-order valence-corrected chi connectivity index (χ0v) is 10.3. The third-order valence-electron chi connectivity index (χ3n) is 2.37. The quantitative estimate of drug-likeness (QED) is 0.773. The van der Waals surface area contributed by atoms with Crippen LogP contribution in [0, 0.1) is 5.82 Å². The highest BCUT2D eigenvalue weighted by Gasteiger charge is 2.21. The van der Waals surface area contributed by atoms with Crippen LogP contribution in [-0.2, 0) is 0 Å². The molecule has 0 heterocycles. The van der Waals surface area contributed by atoms with Crippen molar-refractivity contribution in [2.45, 2.75) is 25.6 Å². The lowest BCUT2D eigenvalue weighted by Crippen LogP contribution is -2.19. The first-order valence-corrected chi connectivity index (χ1v) is 5.98. The van der Waals surface area contributed by atoms with E-state index in [1.54, 1.807) is 13.0 Å². The minimum Gasteiger partial charge on any atom is -0.494 e. The van der Waals surface area contributed by atoms with E-state index < -0.39 is 18.0 Å². The van der Waals surface area contributed by atoms with Crippen molar-refractivity contribution in [3.8, 4) is 5.75 Å². The van der Waals surface area contributed by atoms with E-state index in [4.69, 9.17) is 16.3 Å². The topological polar surface area (TPSA) is 49.7 Å². The van der Waals surface area contributed by atoms with Gasteiger partial charge in [0.25, 0.3) is 0 Å². The van der Waals surface area contributed by atoms with E-state index in [9.17, 15) is 14.6 Å². The maximum absolute atomic E-state index is 13.6. The molecule has 0 bridgehead atoms. The number of hydrogen-bond acceptors (Lipinski definition) is 3. The van der Waals surface area contributed by atoms with Gasteiger partial charge in [0.15, 0.2) is 0 Å². The van der Waals surface area contributed by atoms with Crippen LogP contribution in [0.2, 0.25) is 0 Å². The van der Waals surface area contributed by atoms with Crippen molar-refractivity contribution in [2.24, 2.45) is 0 Å². The van der Waals surface area contributed by atoms with E-state index >= 15 is 0 Å². The van der Waals surface area contributed by atoms with Gasteiger partial charge in [0, 0.05) is 17.5 Å². The predicted molar refractivity (Wildman–Crippen MR) is 63.9 cm³/mol. The highest BCUT2D eigenvalue weighted by molar-refractivity contribution is 6.17. The minimum absolute atomic E-state index is 0.0473. The Morgan fingerprint density at radius 3 is 2.65 bits per heavy atom. The fraction of sp³-hybridized carbons (Fsp3) is 0.500. The van der Waals surface area contributed by atoms with Crippen LogP contribution in [0.3, 0.4) is 0 Å². The van der Waals surface area contributed by atoms with Crippen molar-refractivity contribution in [3.05, 3.63) is 29.6 Å². The maximum Gasteiger partial charge on any atom is 0.132 e. The first kappa shape index (κ1) is 14.2. The van der Waals surface area contributed by atoms with Crippen LogP contribution in [0.5, 0.6) is 5.75 Å². The Bertz CT molecular complexity index is 360. The Balaban J connectivity index is 2.83. The van der Waals surface area contributed by atoms with Gasteiger partial charge in [-0.15, -0.1) is 11.6 Å². The average Bonchev–Trinajstić information content (AvgIpc) is 2.29. The molecule has 1 rings (SSSR count). The molecule has 0 saturated heterocycles. The van der Waals surface area contributed by atoms with Gasteiger partial charge in [-0.3, -0.25) is 0 Å². The second-order valence-corrected chi connectivity index (χ2v) is 3.98. The number of ether oxygens (including phenoxy) is 1. The highest BCUT2D eigenvalue weighted by atomic mass is 35.5. The summed E-state index contributed by atoms with van der Waals surface area (Å²) >= 11 is 5.45. The molecule has 3 nitrogen and oxygen atoms in total. The SMILES string of the molecule is CCOc1ccc(C(O)C(O)CCCl)c(F)c1. The lowest BCUT2D eigenvalue weighted by atomic mass is 10.0. The lowest BCUT2D eigenvalue weighted by Gasteiger charge is -2.18. The number of rotatable bonds is 6. The molecule has 0 saturated carbocycles. The van der Waals surface area contributed by atoms with Crippen LogP contribution in [0.1, 0.15) is 25.0 Å². The summed E-state index contributed by atoms with van der Waals surface area (Å²) in [6, 6.07) is 4.15. The first-order valence-electron chi connectivity index (χ1n) is 5.44. The zero-order chi connectivity index (χ0) is 12.8. The summed E-state index contributed by atoms with van der Waals surface area (Å²) in [6.07, 6.45) is -2.14. The molecule has 2 unspecified atom stereocenters. The van der Waals surface area contributed by atoms with Gasteiger partial charge in [-0.2, -0.15) is 0 Å². The Labute approximate surface area is 105 Å². The van der Waals surface area contributed by atoms with E-state index in [2.05, 4.69) is 0 Å². The van der Waals surface area contributed by atoms with Crippen molar-refractivity contribution < 1.29 is 19.3 Å². The first-order chi connectivity index (χ1) is 8.10. The third-order valence-corrected chi connectivity index (χ3v) is 2.59. The molecule has 1 aromatic rings. The number of aliphatic hydroxyl groups is 2. The van der Waals surface area contributed by atoms with E-state index in [1.807, 2.05) is 0 Å². The molecule has 0 spiro atoms. The fourth-order valence-electron chi connectivity index (χ4n) is 1.48. The van der Waals surface area contributed by atoms with Gasteiger partial charge in [-0.25, -0.2) is 4.39 Å². The van der Waals surface area contributed by atoms with Crippen molar-refractivity contribution in [1.29, 1.82) is 0 Å². The van der Waals surface area contributed by atoms with Crippen LogP contribution < -0.4 is 4.74 Å². The molecule has 1 aromatic carbocycles. The maximum atomic E-state index is 13.6. The van der Waals surface area contributed by atoms with Gasteiger partial charge in [0.2, 0.25) is 0 Å². The number of halogens is 2. The number of alkyl halides is 1. The van der Waals surface area contributed by atoms with Crippen molar-refractivity contribution in [2.75, 3.05) is 12.5 Å². The zero-order valence-electron chi connectivity index (χ0n) is 9.57. The van der Waals surface area contributed by atoms with Crippen LogP contribution in [0.4, 0.5) is 4.39 Å². The molecule has 2 N–H and O–H groups in total. The van der Waals surface area contributed by atoms with Gasteiger partial charge in [0.05, 0.1) is 12.7 Å². The summed E-state index contributed by atoms with van der Waals surface area (Å²) in [4.78, 5) is 0. The number of benzene rings is 1. The highest BCUT2D eigenvalue weighted by Crippen LogP contribution is 2.25. The summed E-state index contributed by atoms with van der Waals surface area (Å²) in [6.45, 7) is 2.24. The molecule has 17 heavy (non-hydrogen) atoms. The molecule has 96 valence electrons. The van der Waals surface area contributed by atoms with E-state index in [0.717, 1.165) is 0 Å². The standard InChI is InChI=1S/C12H16ClFO3/c1-2-17-8-3-4-9(10(14)7-8)12(16)11(15)5-6-13/h3-4,7,11-12,15-16H,2,5-6H2,1H3. The molecule has 5 heteroatoms. The Hall–Kier alpha value is -0.840. The normalized spacial score (nSPS) is 14.4. The minimum atomic E-state index is -1.27. The van der Waals surface area contributed by atoms with E-state index in [-0.39, 0.29) is 17.9 Å². The Morgan fingerprint density at radius 2 is 2.12 bits per heavy atom. The van der Waals surface area contributed by atoms with E-state index in [0.29, 0.717) is 12.4 Å². The number of hydrogen-bond donors (Lipinski definition) is 2. The van der Waals surface area contributed by atoms with Crippen LogP contribution in [-0.4, -0.2) is 28.8 Å². The molecular weight excluding hydrogens is 247 g/mol. The molecule has 0 amide bonds. The summed E-state index contributed by atoms with van der Waals surface area (Å²) < 4.78 is 18.8. The van der Waals surface area contributed by atoms with E-state index in [1.165, 1.54) is 12.1 Å². The van der Waals surface area contributed by atoms with Gasteiger partial charge in [0.1, 0.15) is 17.7 Å². The number of aliphatic hydroxyl groups excluding tert-OH is 2. The molecular formula is C12H16ClFO3. The van der Waals surface area contributed by atoms with Gasteiger partial charge < -0.3 is 14.9 Å². The molecule has 2 atom stereocenters. The monoisotopic (exact) mass is 262 g/mol. The van der Waals surface area contributed by atoms with Crippen molar-refractivity contribution >= 4 is 11.6 Å². The van der Waals surface area contributed by atoms with Gasteiger partial charge in [-0.1, -0.05) is 0 Å². The largest absolute Gasteiger partial charge is 0.494 e. The molecule has 0 aliphatic carbocycles. The van der Waals surface area contributed by atoms with Gasteiger partial charge >= 0.3 is 0 Å². The van der Waals surface area contributed by atoms with Crippen LogP contribution in [0.15, 0.2) is 18.2 Å². The molecule has 0 fully saturated rings. The van der Waals surface area contributed by atoms with Crippen LogP contribution in [0.25, 0.3) is 0 Å². The average molecular weight is 263 g/mol. The second kappa shape index (κ2) is 6.79. The summed E-state index contributed by atoms with van der Waals surface area (Å²) in [5.74, 6) is 0.00140. The van der Waals surface area contributed by atoms with Crippen molar-refractivity contribution in [3.63, 3.8) is 0 Å². The Kier molecular flexibility index (Phi) is 5.68. The Morgan fingerprint density at radius 1 is 1.41 bits per heavy atom. The second-order valence-electron chi connectivity index (χ2n) is 3.61. The molecule has 0 aromatic heterocycles. The smallest absolute Gasteiger partial charge is 0.132 e. The van der Waals surface area contributed by atoms with Crippen LogP contribution >= 0.6 is 11.6 Å². The molecule has 0 radical (unpaired) electrons. The predicted octanol–water partition coefficient (Wildman–Crippen LogP) is 2.25. The molecule has 0 aliphatic heterocycles. The van der Waals surface area contributed by atoms with Crippen molar-refractivity contribution in [1.82, 2.24) is 0 Å². The third kappa shape index (κ3) is 3.84. The molecule has 0 aliphatic rings. The lowest BCUT2D eigenvalue weighted by molar-refractivity contribution is 0.0149. The van der Waals surface area contributed by atoms with Gasteiger partial charge in [-0.05, 0) is 25.5 Å².